The van der Waals surface area contributed by atoms with E-state index < -0.39 is 0 Å². The van der Waals surface area contributed by atoms with Gasteiger partial charge in [0.05, 0.1) is 0 Å². The van der Waals surface area contributed by atoms with Crippen LogP contribution in [0.5, 0.6) is 0 Å². The standard InChI is InChI=1S/C26H37N5OS/c1-20-7-9-23(10-8-20)33-26-24(27-14-15-29-26)31-18-11-22(12-19-31)25(32)28-13-5-17-30-16-4-3-6-21(30)2/h7-10,14-15,21-22H,3-6,11-13,16-19H2,1-2H3,(H,28,32). The van der Waals surface area contributed by atoms with Gasteiger partial charge in [-0.1, -0.05) is 35.9 Å². The van der Waals surface area contributed by atoms with Crippen molar-refractivity contribution in [2.24, 2.45) is 5.92 Å². The minimum Gasteiger partial charge on any atom is -0.356 e. The van der Waals surface area contributed by atoms with Gasteiger partial charge in [0.25, 0.3) is 0 Å². The van der Waals surface area contributed by atoms with Crippen molar-refractivity contribution in [2.75, 3.05) is 37.6 Å². The molecule has 1 unspecified atom stereocenters. The molecule has 1 amide bonds. The molecule has 3 heterocycles. The molecule has 0 saturated carbocycles. The van der Waals surface area contributed by atoms with Crippen LogP contribution in [0.4, 0.5) is 5.82 Å². The third-order valence-electron chi connectivity index (χ3n) is 6.91. The minimum atomic E-state index is 0.0973. The van der Waals surface area contributed by atoms with Crippen molar-refractivity contribution in [3.63, 3.8) is 0 Å². The van der Waals surface area contributed by atoms with E-state index in [9.17, 15) is 4.79 Å². The van der Waals surface area contributed by atoms with E-state index in [2.05, 4.69) is 63.2 Å². The van der Waals surface area contributed by atoms with Crippen molar-refractivity contribution < 1.29 is 4.79 Å². The van der Waals surface area contributed by atoms with Gasteiger partial charge in [-0.2, -0.15) is 0 Å². The zero-order valence-electron chi connectivity index (χ0n) is 20.0. The molecule has 7 heteroatoms. The molecule has 2 saturated heterocycles. The second-order valence-corrected chi connectivity index (χ2v) is 10.4. The number of anilines is 1. The topological polar surface area (TPSA) is 61.4 Å². The van der Waals surface area contributed by atoms with Gasteiger partial charge in [-0.25, -0.2) is 9.97 Å². The Bertz CT molecular complexity index is 898. The lowest BCUT2D eigenvalue weighted by Gasteiger charge is -2.34. The minimum absolute atomic E-state index is 0.0973. The number of aromatic nitrogens is 2. The molecular formula is C26H37N5OS. The fourth-order valence-electron chi connectivity index (χ4n) is 4.81. The van der Waals surface area contributed by atoms with E-state index >= 15 is 0 Å². The highest BCUT2D eigenvalue weighted by Gasteiger charge is 2.27. The Morgan fingerprint density at radius 3 is 2.58 bits per heavy atom. The quantitative estimate of drug-likeness (QED) is 0.576. The Labute approximate surface area is 202 Å². The summed E-state index contributed by atoms with van der Waals surface area (Å²) >= 11 is 1.65. The molecule has 1 aromatic heterocycles. The van der Waals surface area contributed by atoms with E-state index in [1.165, 1.54) is 31.4 Å². The van der Waals surface area contributed by atoms with Crippen LogP contribution in [0.15, 0.2) is 46.6 Å². The number of nitrogens with one attached hydrogen (secondary N) is 1. The monoisotopic (exact) mass is 467 g/mol. The van der Waals surface area contributed by atoms with E-state index in [4.69, 9.17) is 0 Å². The van der Waals surface area contributed by atoms with E-state index in [-0.39, 0.29) is 11.8 Å². The van der Waals surface area contributed by atoms with Gasteiger partial charge in [-0.05, 0) is 64.6 Å². The number of carbonyl (C=O) groups excluding carboxylic acids is 1. The maximum absolute atomic E-state index is 12.7. The van der Waals surface area contributed by atoms with Crippen LogP contribution in [0.2, 0.25) is 0 Å². The maximum Gasteiger partial charge on any atom is 0.223 e. The number of carbonyl (C=O) groups is 1. The van der Waals surface area contributed by atoms with Crippen LogP contribution < -0.4 is 10.2 Å². The molecule has 2 fully saturated rings. The van der Waals surface area contributed by atoms with E-state index in [0.717, 1.165) is 61.2 Å². The molecule has 2 aliphatic rings. The van der Waals surface area contributed by atoms with Gasteiger partial charge in [0.15, 0.2) is 5.82 Å². The van der Waals surface area contributed by atoms with Gasteiger partial charge in [0, 0.05) is 55.4 Å². The summed E-state index contributed by atoms with van der Waals surface area (Å²) in [5.41, 5.74) is 1.25. The summed E-state index contributed by atoms with van der Waals surface area (Å²) < 4.78 is 0. The summed E-state index contributed by atoms with van der Waals surface area (Å²) in [5, 5.41) is 4.12. The number of nitrogens with zero attached hydrogens (tertiary/aromatic N) is 4. The summed E-state index contributed by atoms with van der Waals surface area (Å²) in [4.78, 5) is 28.0. The number of benzene rings is 1. The summed E-state index contributed by atoms with van der Waals surface area (Å²) in [6.45, 7) is 9.18. The third kappa shape index (κ3) is 6.70. The molecule has 1 atom stereocenters. The molecule has 0 radical (unpaired) electrons. The first-order valence-corrected chi connectivity index (χ1v) is 13.2. The second-order valence-electron chi connectivity index (χ2n) is 9.39. The van der Waals surface area contributed by atoms with Crippen molar-refractivity contribution in [3.05, 3.63) is 42.2 Å². The van der Waals surface area contributed by atoms with Crippen LogP contribution in [0.1, 0.15) is 51.0 Å². The van der Waals surface area contributed by atoms with E-state index in [0.29, 0.717) is 6.04 Å². The van der Waals surface area contributed by atoms with Gasteiger partial charge < -0.3 is 15.1 Å². The molecule has 0 spiro atoms. The maximum atomic E-state index is 12.7. The summed E-state index contributed by atoms with van der Waals surface area (Å²) in [5.74, 6) is 1.24. The van der Waals surface area contributed by atoms with Crippen molar-refractivity contribution in [3.8, 4) is 0 Å². The second kappa shape index (κ2) is 11.8. The Balaban J connectivity index is 1.23. The zero-order valence-corrected chi connectivity index (χ0v) is 20.8. The first kappa shape index (κ1) is 24.0. The number of hydrogen-bond donors (Lipinski definition) is 1. The number of piperidine rings is 2. The molecular weight excluding hydrogens is 430 g/mol. The molecule has 1 aromatic carbocycles. The summed E-state index contributed by atoms with van der Waals surface area (Å²) in [6.07, 6.45) is 10.2. The van der Waals surface area contributed by atoms with Crippen molar-refractivity contribution >= 4 is 23.5 Å². The molecule has 33 heavy (non-hydrogen) atoms. The number of amides is 1. The lowest BCUT2D eigenvalue weighted by atomic mass is 9.96. The van der Waals surface area contributed by atoms with E-state index in [1.54, 1.807) is 24.2 Å². The predicted molar refractivity (Wildman–Crippen MR) is 135 cm³/mol. The Kier molecular flexibility index (Phi) is 8.62. The Morgan fingerprint density at radius 2 is 1.82 bits per heavy atom. The van der Waals surface area contributed by atoms with Crippen molar-refractivity contribution in [1.82, 2.24) is 20.2 Å². The van der Waals surface area contributed by atoms with Crippen LogP contribution in [-0.4, -0.2) is 59.5 Å². The number of hydrogen-bond acceptors (Lipinski definition) is 6. The third-order valence-corrected chi connectivity index (χ3v) is 7.90. The fraction of sp³-hybridized carbons (Fsp3) is 0.577. The first-order chi connectivity index (χ1) is 16.1. The Hall–Kier alpha value is -2.12. The highest BCUT2D eigenvalue weighted by molar-refractivity contribution is 7.99. The van der Waals surface area contributed by atoms with Gasteiger partial charge in [-0.15, -0.1) is 0 Å². The molecule has 1 N–H and O–H groups in total. The average molecular weight is 468 g/mol. The van der Waals surface area contributed by atoms with Crippen LogP contribution >= 0.6 is 11.8 Å². The van der Waals surface area contributed by atoms with E-state index in [1.807, 2.05) is 0 Å². The number of likely N-dealkylation sites (tertiary alicyclic amines) is 1. The molecule has 2 aliphatic heterocycles. The summed E-state index contributed by atoms with van der Waals surface area (Å²) in [7, 11) is 0. The SMILES string of the molecule is Cc1ccc(Sc2nccnc2N2CCC(C(=O)NCCCN3CCCCC3C)CC2)cc1. The van der Waals surface area contributed by atoms with Crippen LogP contribution in [0, 0.1) is 12.8 Å². The summed E-state index contributed by atoms with van der Waals surface area (Å²) in [6, 6.07) is 9.18. The van der Waals surface area contributed by atoms with Gasteiger partial charge in [0.2, 0.25) is 5.91 Å². The zero-order chi connectivity index (χ0) is 23.0. The number of rotatable bonds is 8. The number of aryl methyl sites for hydroxylation is 1. The van der Waals surface area contributed by atoms with Gasteiger partial charge in [-0.3, -0.25) is 4.79 Å². The lowest BCUT2D eigenvalue weighted by Crippen LogP contribution is -2.42. The smallest absolute Gasteiger partial charge is 0.223 e. The molecule has 6 nitrogen and oxygen atoms in total. The molecule has 0 aliphatic carbocycles. The average Bonchev–Trinajstić information content (AvgIpc) is 2.85. The van der Waals surface area contributed by atoms with Gasteiger partial charge >= 0.3 is 0 Å². The lowest BCUT2D eigenvalue weighted by molar-refractivity contribution is -0.125. The Morgan fingerprint density at radius 1 is 1.06 bits per heavy atom. The van der Waals surface area contributed by atoms with Crippen LogP contribution in [0.25, 0.3) is 0 Å². The van der Waals surface area contributed by atoms with Crippen molar-refractivity contribution in [2.45, 2.75) is 68.3 Å². The predicted octanol–water partition coefficient (Wildman–Crippen LogP) is 4.53. The van der Waals surface area contributed by atoms with Crippen molar-refractivity contribution in [1.29, 1.82) is 0 Å². The van der Waals surface area contributed by atoms with Gasteiger partial charge in [0.1, 0.15) is 5.03 Å². The highest BCUT2D eigenvalue weighted by atomic mass is 32.2. The normalized spacial score (nSPS) is 20.1. The molecule has 0 bridgehead atoms. The highest BCUT2D eigenvalue weighted by Crippen LogP contribution is 2.34. The molecule has 4 rings (SSSR count). The fourth-order valence-corrected chi connectivity index (χ4v) is 5.69. The molecule has 178 valence electrons. The molecule has 2 aromatic rings. The van der Waals surface area contributed by atoms with Crippen LogP contribution in [-0.2, 0) is 4.79 Å². The van der Waals surface area contributed by atoms with Crippen LogP contribution in [0.3, 0.4) is 0 Å². The largest absolute Gasteiger partial charge is 0.356 e. The first-order valence-electron chi connectivity index (χ1n) is 12.4.